The number of benzene rings is 1. The van der Waals surface area contributed by atoms with Crippen molar-refractivity contribution in [3.05, 3.63) is 35.4 Å². The van der Waals surface area contributed by atoms with E-state index in [0.29, 0.717) is 0 Å². The first-order chi connectivity index (χ1) is 6.63. The van der Waals surface area contributed by atoms with Gasteiger partial charge < -0.3 is 9.84 Å². The number of ether oxygens (including phenoxy) is 1. The highest BCUT2D eigenvalue weighted by atomic mass is 16.5. The lowest BCUT2D eigenvalue weighted by molar-refractivity contribution is -0.131. The highest BCUT2D eigenvalue weighted by Crippen LogP contribution is 2.19. The minimum atomic E-state index is -0.954. The molecule has 0 aromatic heterocycles. The molecule has 3 heteroatoms. The molecular weight excluding hydrogens is 180 g/mol. The lowest BCUT2D eigenvalue weighted by Crippen LogP contribution is -1.88. The maximum absolute atomic E-state index is 10.3. The summed E-state index contributed by atoms with van der Waals surface area (Å²) >= 11 is 0. The van der Waals surface area contributed by atoms with Crippen LogP contribution in [0.15, 0.2) is 24.3 Å². The highest BCUT2D eigenvalue weighted by molar-refractivity contribution is 5.85. The molecule has 0 radical (unpaired) electrons. The van der Waals surface area contributed by atoms with Crippen LogP contribution in [0.25, 0.3) is 6.08 Å². The third kappa shape index (κ3) is 2.62. The van der Waals surface area contributed by atoms with Gasteiger partial charge >= 0.3 is 5.97 Å². The van der Waals surface area contributed by atoms with E-state index in [-0.39, 0.29) is 0 Å². The molecule has 0 fully saturated rings. The summed E-state index contributed by atoms with van der Waals surface area (Å²) in [6.45, 7) is 1.93. The number of rotatable bonds is 3. The zero-order valence-electron chi connectivity index (χ0n) is 8.15. The Bertz CT molecular complexity index is 367. The van der Waals surface area contributed by atoms with Gasteiger partial charge in [0.2, 0.25) is 0 Å². The molecule has 0 saturated carbocycles. The minimum absolute atomic E-state index is 0.762. The van der Waals surface area contributed by atoms with Crippen LogP contribution in [0.2, 0.25) is 0 Å². The Morgan fingerprint density at radius 1 is 1.50 bits per heavy atom. The fourth-order valence-corrected chi connectivity index (χ4v) is 1.11. The third-order valence-electron chi connectivity index (χ3n) is 1.85. The van der Waals surface area contributed by atoms with E-state index in [1.165, 1.54) is 6.08 Å². The summed E-state index contributed by atoms with van der Waals surface area (Å²) in [5.41, 5.74) is 1.84. The summed E-state index contributed by atoms with van der Waals surface area (Å²) in [7, 11) is 1.59. The van der Waals surface area contributed by atoms with Crippen LogP contribution in [0.4, 0.5) is 0 Å². The first-order valence-electron chi connectivity index (χ1n) is 4.19. The van der Waals surface area contributed by atoms with Crippen molar-refractivity contribution in [2.45, 2.75) is 6.92 Å². The number of aliphatic carboxylic acids is 1. The van der Waals surface area contributed by atoms with Crippen LogP contribution >= 0.6 is 0 Å². The molecule has 0 amide bonds. The second-order valence-electron chi connectivity index (χ2n) is 2.90. The Kier molecular flexibility index (Phi) is 3.29. The summed E-state index contributed by atoms with van der Waals surface area (Å²) in [4.78, 5) is 10.3. The van der Waals surface area contributed by atoms with Crippen LogP contribution in [0.1, 0.15) is 11.1 Å². The second kappa shape index (κ2) is 4.46. The Balaban J connectivity index is 2.95. The zero-order valence-corrected chi connectivity index (χ0v) is 8.15. The molecule has 0 aliphatic carbocycles. The topological polar surface area (TPSA) is 46.5 Å². The molecule has 1 N–H and O–H groups in total. The van der Waals surface area contributed by atoms with Gasteiger partial charge in [0.15, 0.2) is 0 Å². The van der Waals surface area contributed by atoms with Gasteiger partial charge in [0.1, 0.15) is 5.75 Å². The number of carboxylic acid groups (broad SMARTS) is 1. The predicted octanol–water partition coefficient (Wildman–Crippen LogP) is 2.10. The van der Waals surface area contributed by atoms with Crippen LogP contribution in [0, 0.1) is 6.92 Å². The summed E-state index contributed by atoms with van der Waals surface area (Å²) < 4.78 is 5.11. The summed E-state index contributed by atoms with van der Waals surface area (Å²) in [6, 6.07) is 5.53. The van der Waals surface area contributed by atoms with Gasteiger partial charge in [-0.25, -0.2) is 4.79 Å². The smallest absolute Gasteiger partial charge is 0.328 e. The standard InChI is InChI=1S/C11H12O3/c1-8-3-4-9(5-6-11(12)13)7-10(8)14-2/h3-7H,1-2H3,(H,12,13). The van der Waals surface area contributed by atoms with Crippen LogP contribution in [0.3, 0.4) is 0 Å². The molecule has 0 saturated heterocycles. The van der Waals surface area contributed by atoms with Crippen LogP contribution in [0.5, 0.6) is 5.75 Å². The van der Waals surface area contributed by atoms with Crippen molar-refractivity contribution in [2.24, 2.45) is 0 Å². The quantitative estimate of drug-likeness (QED) is 0.746. The average molecular weight is 192 g/mol. The molecule has 0 heterocycles. The van der Waals surface area contributed by atoms with E-state index in [4.69, 9.17) is 9.84 Å². The molecular formula is C11H12O3. The monoisotopic (exact) mass is 192 g/mol. The Labute approximate surface area is 82.6 Å². The van der Waals surface area contributed by atoms with Crippen molar-refractivity contribution in [1.82, 2.24) is 0 Å². The normalized spacial score (nSPS) is 10.4. The maximum Gasteiger partial charge on any atom is 0.328 e. The van der Waals surface area contributed by atoms with Gasteiger partial charge in [-0.3, -0.25) is 0 Å². The van der Waals surface area contributed by atoms with Crippen LogP contribution in [-0.4, -0.2) is 18.2 Å². The third-order valence-corrected chi connectivity index (χ3v) is 1.85. The first kappa shape index (κ1) is 10.3. The molecule has 1 aromatic carbocycles. The van der Waals surface area contributed by atoms with Crippen molar-refractivity contribution < 1.29 is 14.6 Å². The maximum atomic E-state index is 10.3. The molecule has 3 nitrogen and oxygen atoms in total. The van der Waals surface area contributed by atoms with E-state index in [2.05, 4.69) is 0 Å². The van der Waals surface area contributed by atoms with E-state index < -0.39 is 5.97 Å². The van der Waals surface area contributed by atoms with E-state index in [1.807, 2.05) is 19.1 Å². The summed E-state index contributed by atoms with van der Waals surface area (Å²) in [6.07, 6.45) is 2.63. The summed E-state index contributed by atoms with van der Waals surface area (Å²) in [5, 5.41) is 8.44. The molecule has 0 bridgehead atoms. The molecule has 0 aliphatic heterocycles. The fourth-order valence-electron chi connectivity index (χ4n) is 1.11. The van der Waals surface area contributed by atoms with E-state index in [1.54, 1.807) is 13.2 Å². The number of methoxy groups -OCH3 is 1. The average Bonchev–Trinajstić information content (AvgIpc) is 2.16. The Hall–Kier alpha value is -1.77. The van der Waals surface area contributed by atoms with Crippen molar-refractivity contribution >= 4 is 12.0 Å². The van der Waals surface area contributed by atoms with Crippen LogP contribution in [-0.2, 0) is 4.79 Å². The number of carbonyl (C=O) groups is 1. The van der Waals surface area contributed by atoms with Crippen LogP contribution < -0.4 is 4.74 Å². The van der Waals surface area contributed by atoms with Crippen molar-refractivity contribution in [3.63, 3.8) is 0 Å². The van der Waals surface area contributed by atoms with E-state index >= 15 is 0 Å². The lowest BCUT2D eigenvalue weighted by atomic mass is 10.1. The van der Waals surface area contributed by atoms with Gasteiger partial charge in [-0.1, -0.05) is 12.1 Å². The summed E-state index contributed by atoms with van der Waals surface area (Å²) in [5.74, 6) is -0.193. The van der Waals surface area contributed by atoms with Crippen molar-refractivity contribution in [3.8, 4) is 5.75 Å². The van der Waals surface area contributed by atoms with Gasteiger partial charge in [0.25, 0.3) is 0 Å². The first-order valence-corrected chi connectivity index (χ1v) is 4.19. The Morgan fingerprint density at radius 3 is 2.79 bits per heavy atom. The lowest BCUT2D eigenvalue weighted by Gasteiger charge is -2.04. The largest absolute Gasteiger partial charge is 0.496 e. The zero-order chi connectivity index (χ0) is 10.6. The molecule has 14 heavy (non-hydrogen) atoms. The Morgan fingerprint density at radius 2 is 2.21 bits per heavy atom. The van der Waals surface area contributed by atoms with Gasteiger partial charge in [0.05, 0.1) is 7.11 Å². The van der Waals surface area contributed by atoms with Gasteiger partial charge in [-0.05, 0) is 30.2 Å². The van der Waals surface area contributed by atoms with Crippen molar-refractivity contribution in [1.29, 1.82) is 0 Å². The van der Waals surface area contributed by atoms with Gasteiger partial charge in [0, 0.05) is 6.08 Å². The number of hydrogen-bond acceptors (Lipinski definition) is 2. The second-order valence-corrected chi connectivity index (χ2v) is 2.90. The fraction of sp³-hybridized carbons (Fsp3) is 0.182. The number of carboxylic acids is 1. The van der Waals surface area contributed by atoms with E-state index in [0.717, 1.165) is 23.0 Å². The molecule has 1 rings (SSSR count). The number of hydrogen-bond donors (Lipinski definition) is 1. The predicted molar refractivity (Wildman–Crippen MR) is 54.4 cm³/mol. The molecule has 74 valence electrons. The number of aryl methyl sites for hydroxylation is 1. The highest BCUT2D eigenvalue weighted by Gasteiger charge is 1.97. The molecule has 1 aromatic rings. The molecule has 0 aliphatic rings. The molecule has 0 unspecified atom stereocenters. The SMILES string of the molecule is COc1cc(C=CC(=O)O)ccc1C. The molecule has 0 atom stereocenters. The molecule has 0 spiro atoms. The van der Waals surface area contributed by atoms with Gasteiger partial charge in [-0.2, -0.15) is 0 Å². The minimum Gasteiger partial charge on any atom is -0.496 e. The van der Waals surface area contributed by atoms with Crippen molar-refractivity contribution in [2.75, 3.05) is 7.11 Å². The van der Waals surface area contributed by atoms with Gasteiger partial charge in [-0.15, -0.1) is 0 Å². The van der Waals surface area contributed by atoms with E-state index in [9.17, 15) is 4.79 Å².